The molecular formula is C17H28N4O. The average molecular weight is 304 g/mol. The second-order valence-electron chi connectivity index (χ2n) is 6.71. The van der Waals surface area contributed by atoms with Gasteiger partial charge in [0.05, 0.1) is 6.54 Å². The smallest absolute Gasteiger partial charge is 0.234 e. The van der Waals surface area contributed by atoms with E-state index < -0.39 is 0 Å². The van der Waals surface area contributed by atoms with Gasteiger partial charge in [-0.2, -0.15) is 0 Å². The fraction of sp³-hybridized carbons (Fsp3) is 0.765. The lowest BCUT2D eigenvalue weighted by molar-refractivity contribution is -0.122. The van der Waals surface area contributed by atoms with Crippen molar-refractivity contribution in [2.45, 2.75) is 57.9 Å². The summed E-state index contributed by atoms with van der Waals surface area (Å²) in [6, 6.07) is 0.658. The maximum absolute atomic E-state index is 12.1. The molecule has 1 saturated heterocycles. The third kappa shape index (κ3) is 4.09. The van der Waals surface area contributed by atoms with Crippen molar-refractivity contribution in [3.8, 4) is 0 Å². The van der Waals surface area contributed by atoms with Crippen molar-refractivity contribution < 1.29 is 4.79 Å². The number of aromatic nitrogens is 2. The van der Waals surface area contributed by atoms with E-state index in [9.17, 15) is 4.79 Å². The maximum atomic E-state index is 12.1. The lowest BCUT2D eigenvalue weighted by Crippen LogP contribution is -2.38. The quantitative estimate of drug-likeness (QED) is 0.875. The first kappa shape index (κ1) is 15.5. The summed E-state index contributed by atoms with van der Waals surface area (Å²) >= 11 is 0. The normalized spacial score (nSPS) is 19.9. The minimum absolute atomic E-state index is 0.156. The molecule has 0 atom stereocenters. The molecule has 0 unspecified atom stereocenters. The number of hydrogen-bond donors (Lipinski definition) is 1. The van der Waals surface area contributed by atoms with Crippen LogP contribution >= 0.6 is 0 Å². The van der Waals surface area contributed by atoms with Gasteiger partial charge in [-0.15, -0.1) is 0 Å². The van der Waals surface area contributed by atoms with E-state index in [0.29, 0.717) is 19.1 Å². The molecule has 0 bridgehead atoms. The molecule has 0 spiro atoms. The first-order chi connectivity index (χ1) is 10.7. The highest BCUT2D eigenvalue weighted by Crippen LogP contribution is 2.36. The van der Waals surface area contributed by atoms with Gasteiger partial charge in [-0.25, -0.2) is 4.98 Å². The number of amides is 1. The number of nitrogens with zero attached hydrogens (tertiary/aromatic N) is 3. The Morgan fingerprint density at radius 3 is 2.68 bits per heavy atom. The summed E-state index contributed by atoms with van der Waals surface area (Å²) in [6.07, 6.45) is 10.4. The van der Waals surface area contributed by atoms with Crippen molar-refractivity contribution in [3.63, 3.8) is 0 Å². The third-order valence-corrected chi connectivity index (χ3v) is 4.71. The highest BCUT2D eigenvalue weighted by molar-refractivity contribution is 5.77. The molecule has 2 aliphatic rings. The highest BCUT2D eigenvalue weighted by Gasteiger charge is 2.27. The van der Waals surface area contributed by atoms with Crippen LogP contribution in [0.5, 0.6) is 0 Å². The summed E-state index contributed by atoms with van der Waals surface area (Å²) in [5.74, 6) is 1.28. The molecule has 5 nitrogen and oxygen atoms in total. The van der Waals surface area contributed by atoms with Crippen LogP contribution in [-0.4, -0.2) is 46.5 Å². The molecule has 0 radical (unpaired) electrons. The Balaban J connectivity index is 1.41. The Hall–Kier alpha value is -1.36. The van der Waals surface area contributed by atoms with E-state index >= 15 is 0 Å². The zero-order chi connectivity index (χ0) is 15.4. The number of carbonyl (C=O) groups is 1. The molecule has 22 heavy (non-hydrogen) atoms. The van der Waals surface area contributed by atoms with E-state index in [1.807, 2.05) is 6.20 Å². The molecule has 1 aliphatic heterocycles. The largest absolute Gasteiger partial charge is 0.355 e. The third-order valence-electron chi connectivity index (χ3n) is 4.71. The molecule has 5 heteroatoms. The number of likely N-dealkylation sites (tertiary alicyclic amines) is 1. The number of hydrogen-bond acceptors (Lipinski definition) is 3. The lowest BCUT2D eigenvalue weighted by Gasteiger charge is -2.19. The van der Waals surface area contributed by atoms with Gasteiger partial charge in [-0.3, -0.25) is 9.69 Å². The van der Waals surface area contributed by atoms with Gasteiger partial charge >= 0.3 is 0 Å². The van der Waals surface area contributed by atoms with Crippen molar-refractivity contribution in [1.29, 1.82) is 0 Å². The van der Waals surface area contributed by atoms with Crippen molar-refractivity contribution in [3.05, 3.63) is 17.7 Å². The van der Waals surface area contributed by atoms with Crippen molar-refractivity contribution in [2.75, 3.05) is 26.2 Å². The molecule has 0 aromatic carbocycles. The Morgan fingerprint density at radius 1 is 1.27 bits per heavy atom. The molecule has 1 aromatic heterocycles. The lowest BCUT2D eigenvalue weighted by atomic mass is 10.2. The first-order valence-electron chi connectivity index (χ1n) is 8.76. The molecule has 1 amide bonds. The standard InChI is InChI=1S/C17H28N4O/c1-14-12-19-16(21(14)15-6-7-15)8-9-18-17(22)13-20-10-4-2-3-5-11-20/h12,15H,2-11,13H2,1H3,(H,18,22). The highest BCUT2D eigenvalue weighted by atomic mass is 16.2. The van der Waals surface area contributed by atoms with Crippen molar-refractivity contribution in [2.24, 2.45) is 0 Å². The van der Waals surface area contributed by atoms with Gasteiger partial charge in [0.25, 0.3) is 0 Å². The fourth-order valence-corrected chi connectivity index (χ4v) is 3.38. The number of rotatable bonds is 6. The van der Waals surface area contributed by atoms with E-state index in [4.69, 9.17) is 0 Å². The molecule has 1 aliphatic carbocycles. The topological polar surface area (TPSA) is 50.2 Å². The average Bonchev–Trinajstić information content (AvgIpc) is 3.29. The zero-order valence-electron chi connectivity index (χ0n) is 13.7. The van der Waals surface area contributed by atoms with Crippen LogP contribution in [0.1, 0.15) is 56.1 Å². The second-order valence-corrected chi connectivity index (χ2v) is 6.71. The monoisotopic (exact) mass is 304 g/mol. The zero-order valence-corrected chi connectivity index (χ0v) is 13.7. The van der Waals surface area contributed by atoms with Crippen LogP contribution in [0.3, 0.4) is 0 Å². The molecule has 1 saturated carbocycles. The molecule has 2 fully saturated rings. The van der Waals surface area contributed by atoms with E-state index in [0.717, 1.165) is 25.3 Å². The Kier molecular flexibility index (Phi) is 5.13. The van der Waals surface area contributed by atoms with Crippen LogP contribution in [0.25, 0.3) is 0 Å². The molecule has 1 aromatic rings. The van der Waals surface area contributed by atoms with E-state index in [-0.39, 0.29) is 5.91 Å². The van der Waals surface area contributed by atoms with Crippen LogP contribution in [0.15, 0.2) is 6.20 Å². The van der Waals surface area contributed by atoms with Gasteiger partial charge in [0, 0.05) is 30.9 Å². The fourth-order valence-electron chi connectivity index (χ4n) is 3.38. The van der Waals surface area contributed by atoms with Gasteiger partial charge in [0.1, 0.15) is 5.82 Å². The molecule has 2 heterocycles. The number of imidazole rings is 1. The Morgan fingerprint density at radius 2 is 2.00 bits per heavy atom. The summed E-state index contributed by atoms with van der Waals surface area (Å²) in [7, 11) is 0. The van der Waals surface area contributed by atoms with Crippen LogP contribution < -0.4 is 5.32 Å². The van der Waals surface area contributed by atoms with E-state index in [1.54, 1.807) is 0 Å². The van der Waals surface area contributed by atoms with Crippen molar-refractivity contribution >= 4 is 5.91 Å². The minimum Gasteiger partial charge on any atom is -0.355 e. The van der Waals surface area contributed by atoms with Gasteiger partial charge in [0.2, 0.25) is 5.91 Å². The van der Waals surface area contributed by atoms with E-state index in [2.05, 4.69) is 26.7 Å². The van der Waals surface area contributed by atoms with Crippen LogP contribution in [0.4, 0.5) is 0 Å². The van der Waals surface area contributed by atoms with Crippen LogP contribution in [-0.2, 0) is 11.2 Å². The molecule has 122 valence electrons. The van der Waals surface area contributed by atoms with E-state index in [1.165, 1.54) is 44.2 Å². The summed E-state index contributed by atoms with van der Waals surface area (Å²) < 4.78 is 2.35. The Labute approximate surface area is 133 Å². The predicted octanol–water partition coefficient (Wildman–Crippen LogP) is 2.06. The minimum atomic E-state index is 0.156. The first-order valence-corrected chi connectivity index (χ1v) is 8.76. The number of nitrogens with one attached hydrogen (secondary N) is 1. The SMILES string of the molecule is Cc1cnc(CCNC(=O)CN2CCCCCC2)n1C1CC1. The van der Waals surface area contributed by atoms with Gasteiger partial charge < -0.3 is 9.88 Å². The number of carbonyl (C=O) groups excluding carboxylic acids is 1. The molecular weight excluding hydrogens is 276 g/mol. The summed E-state index contributed by atoms with van der Waals surface area (Å²) in [5, 5.41) is 3.06. The predicted molar refractivity (Wildman–Crippen MR) is 86.9 cm³/mol. The molecule has 3 rings (SSSR count). The summed E-state index contributed by atoms with van der Waals surface area (Å²) in [5.41, 5.74) is 1.24. The van der Waals surface area contributed by atoms with Crippen molar-refractivity contribution in [1.82, 2.24) is 19.8 Å². The second kappa shape index (κ2) is 7.27. The van der Waals surface area contributed by atoms with Gasteiger partial charge in [-0.1, -0.05) is 12.8 Å². The maximum Gasteiger partial charge on any atom is 0.234 e. The van der Waals surface area contributed by atoms with Gasteiger partial charge in [-0.05, 0) is 45.7 Å². The van der Waals surface area contributed by atoms with Crippen LogP contribution in [0, 0.1) is 6.92 Å². The summed E-state index contributed by atoms with van der Waals surface area (Å²) in [6.45, 7) is 5.50. The van der Waals surface area contributed by atoms with Crippen LogP contribution in [0.2, 0.25) is 0 Å². The molecule has 1 N–H and O–H groups in total. The summed E-state index contributed by atoms with van der Waals surface area (Å²) in [4.78, 5) is 18.9. The number of aryl methyl sites for hydroxylation is 1. The van der Waals surface area contributed by atoms with Gasteiger partial charge in [0.15, 0.2) is 0 Å². The Bertz CT molecular complexity index is 499.